The molecule has 0 spiro atoms. The number of fused-ring (bicyclic) bond motifs is 2. The first kappa shape index (κ1) is 40.5. The van der Waals surface area contributed by atoms with Gasteiger partial charge in [0, 0.05) is 46.5 Å². The van der Waals surface area contributed by atoms with Gasteiger partial charge in [-0.05, 0) is 86.6 Å². The average molecular weight is 821 g/mol. The van der Waals surface area contributed by atoms with Crippen LogP contribution < -0.4 is 25.0 Å². The van der Waals surface area contributed by atoms with Crippen molar-refractivity contribution in [3.63, 3.8) is 0 Å². The highest BCUT2D eigenvalue weighted by Crippen LogP contribution is 2.39. The molecule has 0 atom stereocenters. The van der Waals surface area contributed by atoms with Gasteiger partial charge in [-0.15, -0.1) is 0 Å². The number of primary amides is 1. The fourth-order valence-corrected chi connectivity index (χ4v) is 6.60. The number of nitrogens with two attached hydrogens (primary N) is 1. The molecule has 3 amide bonds. The molecule has 2 aromatic heterocycles. The van der Waals surface area contributed by atoms with E-state index in [4.69, 9.17) is 15.2 Å². The molecule has 2 aliphatic heterocycles. The first-order chi connectivity index (χ1) is 29.4. The summed E-state index contributed by atoms with van der Waals surface area (Å²) in [4.78, 5) is 78.6. The Morgan fingerprint density at radius 2 is 1.08 bits per heavy atom. The summed E-state index contributed by atoms with van der Waals surface area (Å²) in [7, 11) is 0. The Labute approximate surface area is 346 Å². The van der Waals surface area contributed by atoms with Crippen LogP contribution in [0.3, 0.4) is 0 Å². The lowest BCUT2D eigenvalue weighted by atomic mass is 10.1. The number of nitro groups is 2. The molecule has 19 nitrogen and oxygen atoms in total. The van der Waals surface area contributed by atoms with Crippen LogP contribution in [-0.4, -0.2) is 60.7 Å². The van der Waals surface area contributed by atoms with Crippen molar-refractivity contribution < 1.29 is 33.7 Å². The lowest BCUT2D eigenvalue weighted by Crippen LogP contribution is -2.21. The fraction of sp³-hybridized carbons (Fsp3) is 0.143. The smallest absolute Gasteiger partial charge is 0.269 e. The van der Waals surface area contributed by atoms with E-state index in [0.29, 0.717) is 70.0 Å². The number of non-ortho nitro benzene ring substituents is 2. The van der Waals surface area contributed by atoms with E-state index in [-0.39, 0.29) is 59.1 Å². The SMILES string of the molecule is CCOc1ccc(-c2nc(C#N)c3c(n2)N(c2ccc([N+](=O)[O-])cc2)C(=O)C3)cc1.CCOc1ccc(-c2nc(C(N)=O)c3c(n2)N(c2ccc([N+](=O)[O-])cc2)C(=O)C3)cc1. The number of aromatic nitrogens is 4. The Kier molecular flexibility index (Phi) is 11.3. The van der Waals surface area contributed by atoms with Crippen LogP contribution in [0.4, 0.5) is 34.4 Å². The Hall–Kier alpha value is -8.66. The number of nitrogens with zero attached hydrogens (tertiary/aromatic N) is 9. The van der Waals surface area contributed by atoms with Crippen LogP contribution in [0.25, 0.3) is 22.8 Å². The standard InChI is InChI=1S/C21H17N5O5.C21H15N5O4/c1-2-31-15-9-3-12(4-10-15)20-23-18(19(22)28)16-11-17(27)25(21(16)24-20)13-5-7-14(8-6-13)26(29)30;1-2-30-16-9-3-13(4-10-16)20-23-18(12-22)17-11-19(27)25(21(17)24-20)14-5-7-15(8-6-14)26(28)29/h3-10H,2,11H2,1H3,(H2,22,28);3-10H,2,11H2,1H3. The van der Waals surface area contributed by atoms with Crippen LogP contribution in [-0.2, 0) is 22.4 Å². The van der Waals surface area contributed by atoms with Crippen molar-refractivity contribution in [2.45, 2.75) is 26.7 Å². The molecule has 4 heterocycles. The van der Waals surface area contributed by atoms with Crippen molar-refractivity contribution in [1.82, 2.24) is 19.9 Å². The van der Waals surface area contributed by atoms with Crippen LogP contribution in [0.1, 0.15) is 41.2 Å². The molecule has 2 N–H and O–H groups in total. The second kappa shape index (κ2) is 17.1. The maximum Gasteiger partial charge on any atom is 0.269 e. The van der Waals surface area contributed by atoms with E-state index in [0.717, 1.165) is 0 Å². The van der Waals surface area contributed by atoms with Crippen LogP contribution in [0.15, 0.2) is 97.1 Å². The van der Waals surface area contributed by atoms with Crippen LogP contribution in [0, 0.1) is 31.6 Å². The van der Waals surface area contributed by atoms with Crippen LogP contribution in [0.2, 0.25) is 0 Å². The number of nitriles is 1. The van der Waals surface area contributed by atoms with Crippen molar-refractivity contribution in [2.75, 3.05) is 23.0 Å². The third-order valence-corrected chi connectivity index (χ3v) is 9.37. The Bertz CT molecular complexity index is 2760. The average Bonchev–Trinajstić information content (AvgIpc) is 3.78. The summed E-state index contributed by atoms with van der Waals surface area (Å²) in [6, 6.07) is 27.2. The molecular formula is C42H32N10O9. The molecule has 0 saturated carbocycles. The Morgan fingerprint density at radius 3 is 1.48 bits per heavy atom. The fourth-order valence-electron chi connectivity index (χ4n) is 6.60. The largest absolute Gasteiger partial charge is 0.494 e. The van der Waals surface area contributed by atoms with E-state index in [1.54, 1.807) is 48.5 Å². The normalized spacial score (nSPS) is 12.5. The van der Waals surface area contributed by atoms with Crippen molar-refractivity contribution in [2.24, 2.45) is 5.73 Å². The summed E-state index contributed by atoms with van der Waals surface area (Å²) >= 11 is 0. The number of carbonyl (C=O) groups is 3. The lowest BCUT2D eigenvalue weighted by molar-refractivity contribution is -0.385. The number of ether oxygens (including phenoxy) is 2. The molecule has 0 fully saturated rings. The third-order valence-electron chi connectivity index (χ3n) is 9.37. The first-order valence-corrected chi connectivity index (χ1v) is 18.5. The zero-order valence-corrected chi connectivity index (χ0v) is 32.3. The minimum absolute atomic E-state index is 0.0151. The molecule has 2 aliphatic rings. The molecule has 61 heavy (non-hydrogen) atoms. The second-order valence-corrected chi connectivity index (χ2v) is 13.1. The van der Waals surface area contributed by atoms with Crippen molar-refractivity contribution in [1.29, 1.82) is 5.26 Å². The number of amides is 3. The number of nitro benzene ring substituents is 2. The third kappa shape index (κ3) is 8.22. The second-order valence-electron chi connectivity index (χ2n) is 13.1. The molecular weight excluding hydrogens is 789 g/mol. The Balaban J connectivity index is 0.000000184. The molecule has 6 aromatic rings. The highest BCUT2D eigenvalue weighted by Gasteiger charge is 2.36. The van der Waals surface area contributed by atoms with E-state index in [9.17, 15) is 39.9 Å². The summed E-state index contributed by atoms with van der Waals surface area (Å²) in [6.45, 7) is 4.83. The number of hydrogen-bond donors (Lipinski definition) is 1. The van der Waals surface area contributed by atoms with Crippen LogP contribution in [0.5, 0.6) is 11.5 Å². The maximum atomic E-state index is 12.7. The summed E-state index contributed by atoms with van der Waals surface area (Å²) in [6.07, 6.45) is -0.118. The number of hydrogen-bond acceptors (Lipinski definition) is 14. The van der Waals surface area contributed by atoms with Crippen molar-refractivity contribution >= 4 is 52.1 Å². The van der Waals surface area contributed by atoms with Gasteiger partial charge in [0.15, 0.2) is 11.6 Å². The summed E-state index contributed by atoms with van der Waals surface area (Å²) in [5.74, 6) is 1.03. The number of benzene rings is 4. The van der Waals surface area contributed by atoms with Gasteiger partial charge >= 0.3 is 0 Å². The first-order valence-electron chi connectivity index (χ1n) is 18.5. The van der Waals surface area contributed by atoms with E-state index in [2.05, 4.69) is 19.9 Å². The molecule has 0 aliphatic carbocycles. The van der Waals surface area contributed by atoms with Gasteiger partial charge in [-0.25, -0.2) is 19.9 Å². The van der Waals surface area contributed by atoms with Gasteiger partial charge in [0.25, 0.3) is 17.3 Å². The van der Waals surface area contributed by atoms with Crippen molar-refractivity contribution in [3.05, 3.63) is 140 Å². The summed E-state index contributed by atoms with van der Waals surface area (Å²) < 4.78 is 10.9. The number of anilines is 4. The highest BCUT2D eigenvalue weighted by molar-refractivity contribution is 6.10. The van der Waals surface area contributed by atoms with Gasteiger partial charge in [0.05, 0.1) is 47.3 Å². The topological polar surface area (TPSA) is 264 Å². The molecule has 8 rings (SSSR count). The monoisotopic (exact) mass is 820 g/mol. The molecule has 19 heteroatoms. The predicted molar refractivity (Wildman–Crippen MR) is 218 cm³/mol. The summed E-state index contributed by atoms with van der Waals surface area (Å²) in [5.41, 5.74) is 8.29. The van der Waals surface area contributed by atoms with E-state index >= 15 is 0 Å². The van der Waals surface area contributed by atoms with Gasteiger partial charge < -0.3 is 15.2 Å². The zero-order valence-electron chi connectivity index (χ0n) is 32.3. The van der Waals surface area contributed by atoms with Crippen LogP contribution >= 0.6 is 0 Å². The number of rotatable bonds is 11. The molecule has 304 valence electrons. The van der Waals surface area contributed by atoms with E-state index < -0.39 is 15.8 Å². The lowest BCUT2D eigenvalue weighted by Gasteiger charge is -2.17. The molecule has 0 radical (unpaired) electrons. The molecule has 4 aromatic carbocycles. The van der Waals surface area contributed by atoms with E-state index in [1.165, 1.54) is 58.3 Å². The van der Waals surface area contributed by atoms with Gasteiger partial charge in [-0.1, -0.05) is 0 Å². The minimum atomic E-state index is -0.774. The quantitative estimate of drug-likeness (QED) is 0.111. The molecule has 0 bridgehead atoms. The van der Waals surface area contributed by atoms with Gasteiger partial charge in [0.2, 0.25) is 11.8 Å². The van der Waals surface area contributed by atoms with Gasteiger partial charge in [0.1, 0.15) is 40.6 Å². The Morgan fingerprint density at radius 1 is 0.672 bits per heavy atom. The highest BCUT2D eigenvalue weighted by atomic mass is 16.6. The van der Waals surface area contributed by atoms with Gasteiger partial charge in [-0.3, -0.25) is 44.4 Å². The van der Waals surface area contributed by atoms with Gasteiger partial charge in [-0.2, -0.15) is 5.26 Å². The predicted octanol–water partition coefficient (Wildman–Crippen LogP) is 6.31. The maximum absolute atomic E-state index is 12.7. The minimum Gasteiger partial charge on any atom is -0.494 e. The van der Waals surface area contributed by atoms with Crippen molar-refractivity contribution in [3.8, 4) is 40.3 Å². The van der Waals surface area contributed by atoms with E-state index in [1.807, 2.05) is 19.9 Å². The summed E-state index contributed by atoms with van der Waals surface area (Å²) in [5, 5.41) is 31.4. The molecule has 0 saturated heterocycles. The molecule has 0 unspecified atom stereocenters. The zero-order chi connectivity index (χ0) is 43.4. The number of carbonyl (C=O) groups excluding carboxylic acids is 3.